The Kier molecular flexibility index (Phi) is 6.85. The summed E-state index contributed by atoms with van der Waals surface area (Å²) in [5.74, 6) is 0. The molecular weight excluding hydrogens is 533 g/mol. The lowest BCUT2D eigenvalue weighted by Crippen LogP contribution is -2.27. The van der Waals surface area contributed by atoms with E-state index in [2.05, 4.69) is 4.98 Å². The van der Waals surface area contributed by atoms with Crippen LogP contribution in [0, 0.1) is 13.8 Å². The third kappa shape index (κ3) is 4.97. The molecule has 39 heavy (non-hydrogen) atoms. The molecule has 0 atom stereocenters. The second-order valence-corrected chi connectivity index (χ2v) is 11.6. The zero-order valence-corrected chi connectivity index (χ0v) is 22.6. The highest BCUT2D eigenvalue weighted by Crippen LogP contribution is 2.34. The minimum Gasteiger partial charge on any atom is -0.377 e. The van der Waals surface area contributed by atoms with Crippen LogP contribution in [0.4, 0.5) is 13.2 Å². The van der Waals surface area contributed by atoms with E-state index in [9.17, 15) is 21.6 Å². The number of alkyl halides is 3. The van der Waals surface area contributed by atoms with Gasteiger partial charge in [0.15, 0.2) is 5.65 Å². The first kappa shape index (κ1) is 27.0. The van der Waals surface area contributed by atoms with Crippen molar-refractivity contribution in [2.75, 3.05) is 27.3 Å². The summed E-state index contributed by atoms with van der Waals surface area (Å²) in [7, 11) is -0.959. The average molecular weight is 561 g/mol. The number of benzene rings is 1. The Hall–Kier alpha value is -3.55. The molecule has 0 aliphatic carbocycles. The smallest absolute Gasteiger partial charge is 0.377 e. The molecule has 1 aliphatic rings. The molecule has 3 aromatic heterocycles. The zero-order chi connectivity index (χ0) is 28.1. The molecule has 0 radical (unpaired) electrons. The van der Waals surface area contributed by atoms with E-state index in [4.69, 9.17) is 14.7 Å². The normalized spacial score (nSPS) is 14.8. The van der Waals surface area contributed by atoms with Crippen LogP contribution in [0.3, 0.4) is 0 Å². The van der Waals surface area contributed by atoms with Crippen molar-refractivity contribution in [3.05, 3.63) is 76.8 Å². The van der Waals surface area contributed by atoms with Gasteiger partial charge in [-0.15, -0.1) is 0 Å². The monoisotopic (exact) mass is 560 g/mol. The zero-order valence-electron chi connectivity index (χ0n) is 21.8. The highest BCUT2D eigenvalue weighted by molar-refractivity contribution is 7.87. The quantitative estimate of drug-likeness (QED) is 0.350. The van der Waals surface area contributed by atoms with Crippen molar-refractivity contribution in [2.45, 2.75) is 32.9 Å². The van der Waals surface area contributed by atoms with Crippen LogP contribution in [0.5, 0.6) is 0 Å². The Bertz CT molecular complexity index is 1700. The average Bonchev–Trinajstić information content (AvgIpc) is 3.50. The van der Waals surface area contributed by atoms with Gasteiger partial charge in [-0.05, 0) is 43.0 Å². The lowest BCUT2D eigenvalue weighted by molar-refractivity contribution is -0.138. The molecule has 0 unspecified atom stereocenters. The number of aromatic nitrogens is 5. The van der Waals surface area contributed by atoms with Crippen LogP contribution >= 0.6 is 0 Å². The van der Waals surface area contributed by atoms with Crippen molar-refractivity contribution in [1.29, 1.82) is 0 Å². The molecule has 0 spiro atoms. The number of hydrogen-bond donors (Lipinski definition) is 0. The van der Waals surface area contributed by atoms with Crippen LogP contribution in [0.15, 0.2) is 43.0 Å². The molecule has 0 bridgehead atoms. The maximum atomic E-state index is 13.6. The molecule has 0 saturated heterocycles. The van der Waals surface area contributed by atoms with Gasteiger partial charge in [-0.2, -0.15) is 25.9 Å². The maximum absolute atomic E-state index is 13.6. The third-order valence-corrected chi connectivity index (χ3v) is 8.49. The van der Waals surface area contributed by atoms with Crippen molar-refractivity contribution in [1.82, 2.24) is 27.6 Å². The molecule has 4 aromatic rings. The topological polar surface area (TPSA) is 94.6 Å². The van der Waals surface area contributed by atoms with E-state index in [1.807, 2.05) is 16.7 Å². The second-order valence-electron chi connectivity index (χ2n) is 9.51. The Morgan fingerprint density at radius 1 is 1.10 bits per heavy atom. The number of imidazole rings is 2. The summed E-state index contributed by atoms with van der Waals surface area (Å²) in [5, 5.41) is 0. The van der Waals surface area contributed by atoms with Crippen LogP contribution in [0.1, 0.15) is 40.2 Å². The summed E-state index contributed by atoms with van der Waals surface area (Å²) in [6.45, 7) is 4.21. The van der Waals surface area contributed by atoms with E-state index in [1.54, 1.807) is 13.0 Å². The van der Waals surface area contributed by atoms with Crippen molar-refractivity contribution >= 4 is 21.4 Å². The lowest BCUT2D eigenvalue weighted by atomic mass is 9.98. The fourth-order valence-corrected chi connectivity index (χ4v) is 5.39. The second kappa shape index (κ2) is 9.88. The van der Waals surface area contributed by atoms with Crippen molar-refractivity contribution < 1.29 is 26.3 Å². The lowest BCUT2D eigenvalue weighted by Gasteiger charge is -2.16. The molecule has 5 rings (SSSR count). The van der Waals surface area contributed by atoms with Gasteiger partial charge < -0.3 is 4.74 Å². The van der Waals surface area contributed by atoms with Gasteiger partial charge in [-0.25, -0.2) is 18.9 Å². The molecule has 0 amide bonds. The largest absolute Gasteiger partial charge is 0.416 e. The fourth-order valence-electron chi connectivity index (χ4n) is 4.61. The van der Waals surface area contributed by atoms with Crippen LogP contribution in [-0.4, -0.2) is 63.4 Å². The number of hydrogen-bond acceptors (Lipinski definition) is 6. The van der Waals surface area contributed by atoms with E-state index < -0.39 is 21.9 Å². The number of ether oxygens (including phenoxy) is 1. The standard InChI is InChI=1S/C26H27F3N6O3S/c1-16-19(6-5-7-20(16)26(27,28)29)12-23-17(2)31-25-24(22-13-34(15-30-22)39(36,37)33(3)4)32-21(14-35(23)25)18-8-10-38-11-9-18/h5-8,13-15H,9-12H2,1-4H3. The summed E-state index contributed by atoms with van der Waals surface area (Å²) in [6.07, 6.45) is 2.69. The van der Waals surface area contributed by atoms with E-state index in [1.165, 1.54) is 39.6 Å². The number of aryl methyl sites for hydroxylation is 1. The minimum atomic E-state index is -4.46. The van der Waals surface area contributed by atoms with E-state index in [-0.39, 0.29) is 12.0 Å². The third-order valence-electron chi connectivity index (χ3n) is 6.84. The molecular formula is C26H27F3N6O3S. The number of fused-ring (bicyclic) bond motifs is 1. The highest BCUT2D eigenvalue weighted by atomic mass is 32.2. The summed E-state index contributed by atoms with van der Waals surface area (Å²) in [4.78, 5) is 13.8. The van der Waals surface area contributed by atoms with E-state index in [0.717, 1.165) is 19.9 Å². The van der Waals surface area contributed by atoms with Gasteiger partial charge in [0.2, 0.25) is 0 Å². The first-order valence-corrected chi connectivity index (χ1v) is 13.6. The van der Waals surface area contributed by atoms with Crippen LogP contribution in [0.2, 0.25) is 0 Å². The number of rotatable bonds is 6. The van der Waals surface area contributed by atoms with Crippen molar-refractivity contribution in [2.24, 2.45) is 0 Å². The van der Waals surface area contributed by atoms with Crippen LogP contribution in [0.25, 0.3) is 22.6 Å². The summed E-state index contributed by atoms with van der Waals surface area (Å²) >= 11 is 0. The molecule has 1 aromatic carbocycles. The van der Waals surface area contributed by atoms with Crippen LogP contribution in [-0.2, 0) is 27.5 Å². The summed E-state index contributed by atoms with van der Waals surface area (Å²) < 4.78 is 75.4. The molecule has 13 heteroatoms. The van der Waals surface area contributed by atoms with Gasteiger partial charge >= 0.3 is 16.4 Å². The summed E-state index contributed by atoms with van der Waals surface area (Å²) in [6, 6.07) is 4.17. The Morgan fingerprint density at radius 2 is 1.87 bits per heavy atom. The molecule has 1 aliphatic heterocycles. The first-order chi connectivity index (χ1) is 18.4. The number of nitrogens with zero attached hydrogens (tertiary/aromatic N) is 6. The molecule has 9 nitrogen and oxygen atoms in total. The molecule has 0 fully saturated rings. The minimum absolute atomic E-state index is 0.161. The van der Waals surface area contributed by atoms with Gasteiger partial charge in [0.05, 0.1) is 36.4 Å². The van der Waals surface area contributed by atoms with Gasteiger partial charge in [-0.1, -0.05) is 18.2 Å². The van der Waals surface area contributed by atoms with E-state index >= 15 is 0 Å². The fraction of sp³-hybridized carbons (Fsp3) is 0.346. The first-order valence-electron chi connectivity index (χ1n) is 12.2. The molecule has 4 heterocycles. The van der Waals surface area contributed by atoms with Gasteiger partial charge in [-0.3, -0.25) is 4.40 Å². The SMILES string of the molecule is Cc1nc2c(-c3cn(S(=O)(=O)N(C)C)cn3)nc(C3=CCOCC3)cn2c1Cc1cccc(C(F)(F)F)c1C. The van der Waals surface area contributed by atoms with Crippen molar-refractivity contribution in [3.63, 3.8) is 0 Å². The predicted molar refractivity (Wildman–Crippen MR) is 139 cm³/mol. The van der Waals surface area contributed by atoms with E-state index in [0.29, 0.717) is 59.3 Å². The van der Waals surface area contributed by atoms with Crippen LogP contribution < -0.4 is 0 Å². The summed E-state index contributed by atoms with van der Waals surface area (Å²) in [5.41, 5.74) is 4.00. The number of halogens is 3. The molecule has 0 N–H and O–H groups in total. The molecule has 206 valence electrons. The highest BCUT2D eigenvalue weighted by Gasteiger charge is 2.33. The Balaban J connectivity index is 1.70. The predicted octanol–water partition coefficient (Wildman–Crippen LogP) is 4.28. The van der Waals surface area contributed by atoms with Gasteiger partial charge in [0.25, 0.3) is 0 Å². The Labute approximate surface area is 223 Å². The van der Waals surface area contributed by atoms with Gasteiger partial charge in [0, 0.05) is 32.4 Å². The maximum Gasteiger partial charge on any atom is 0.416 e. The molecule has 0 saturated carbocycles. The van der Waals surface area contributed by atoms with Crippen molar-refractivity contribution in [3.8, 4) is 11.4 Å². The Morgan fingerprint density at radius 3 is 2.54 bits per heavy atom. The van der Waals surface area contributed by atoms with Gasteiger partial charge in [0.1, 0.15) is 17.7 Å².